The van der Waals surface area contributed by atoms with E-state index in [0.29, 0.717) is 11.5 Å². The minimum atomic E-state index is 0.0707. The highest BCUT2D eigenvalue weighted by Gasteiger charge is 2.24. The first kappa shape index (κ1) is 14.3. The quantitative estimate of drug-likeness (QED) is 0.856. The first-order valence-corrected chi connectivity index (χ1v) is 7.89. The molecule has 0 aromatic carbocycles. The van der Waals surface area contributed by atoms with Crippen molar-refractivity contribution in [2.24, 2.45) is 5.92 Å². The van der Waals surface area contributed by atoms with Crippen LogP contribution in [-0.4, -0.2) is 38.7 Å². The zero-order valence-corrected chi connectivity index (χ0v) is 13.2. The Bertz CT molecular complexity index is 606. The molecule has 1 aliphatic heterocycles. The lowest BCUT2D eigenvalue weighted by Crippen LogP contribution is -2.39. The molecule has 0 aliphatic carbocycles. The van der Waals surface area contributed by atoms with Gasteiger partial charge >= 0.3 is 0 Å². The SMILES string of the molecule is O=C(c1cncc(Br)c1)N1CCC(Cn2cccn2)CC1. The lowest BCUT2D eigenvalue weighted by molar-refractivity contribution is 0.0680. The van der Waals surface area contributed by atoms with Gasteiger partial charge in [0.25, 0.3) is 5.91 Å². The lowest BCUT2D eigenvalue weighted by atomic mass is 9.96. The summed E-state index contributed by atoms with van der Waals surface area (Å²) in [4.78, 5) is 18.4. The van der Waals surface area contributed by atoms with E-state index in [-0.39, 0.29) is 5.91 Å². The normalized spacial score (nSPS) is 16.1. The minimum absolute atomic E-state index is 0.0707. The number of hydrogen-bond donors (Lipinski definition) is 0. The first-order valence-electron chi connectivity index (χ1n) is 7.09. The van der Waals surface area contributed by atoms with Gasteiger partial charge in [-0.3, -0.25) is 14.5 Å². The second-order valence-electron chi connectivity index (χ2n) is 5.36. The Labute approximate surface area is 132 Å². The van der Waals surface area contributed by atoms with Gasteiger partial charge in [-0.25, -0.2) is 0 Å². The van der Waals surface area contributed by atoms with Crippen LogP contribution in [0, 0.1) is 5.92 Å². The molecular weight excluding hydrogens is 332 g/mol. The molecule has 2 aromatic rings. The summed E-state index contributed by atoms with van der Waals surface area (Å²) in [6, 6.07) is 3.77. The van der Waals surface area contributed by atoms with Gasteiger partial charge in [0.05, 0.1) is 5.56 Å². The Morgan fingerprint density at radius 1 is 1.33 bits per heavy atom. The summed E-state index contributed by atoms with van der Waals surface area (Å²) >= 11 is 3.35. The van der Waals surface area contributed by atoms with Crippen molar-refractivity contribution in [1.82, 2.24) is 19.7 Å². The number of carbonyl (C=O) groups excluding carboxylic acids is 1. The molecular formula is C15H17BrN4O. The third-order valence-corrected chi connectivity index (χ3v) is 4.29. The number of aromatic nitrogens is 3. The summed E-state index contributed by atoms with van der Waals surface area (Å²) in [7, 11) is 0. The Morgan fingerprint density at radius 3 is 2.81 bits per heavy atom. The molecule has 110 valence electrons. The zero-order valence-electron chi connectivity index (χ0n) is 11.7. The second kappa shape index (κ2) is 6.39. The molecule has 1 amide bonds. The van der Waals surface area contributed by atoms with Gasteiger partial charge < -0.3 is 4.90 Å². The third-order valence-electron chi connectivity index (χ3n) is 3.86. The highest BCUT2D eigenvalue weighted by atomic mass is 79.9. The van der Waals surface area contributed by atoms with Crippen molar-refractivity contribution in [3.63, 3.8) is 0 Å². The van der Waals surface area contributed by atoms with Crippen LogP contribution >= 0.6 is 15.9 Å². The summed E-state index contributed by atoms with van der Waals surface area (Å²) in [5, 5.41) is 4.24. The average Bonchev–Trinajstić information content (AvgIpc) is 3.00. The number of halogens is 1. The number of carbonyl (C=O) groups is 1. The number of amides is 1. The van der Waals surface area contributed by atoms with Crippen LogP contribution in [0.2, 0.25) is 0 Å². The standard InChI is InChI=1S/C15H17BrN4O/c16-14-8-13(9-17-10-14)15(21)19-6-2-12(3-7-19)11-20-5-1-4-18-20/h1,4-5,8-10,12H,2-3,6-7,11H2. The van der Waals surface area contributed by atoms with Crippen molar-refractivity contribution in [1.29, 1.82) is 0 Å². The van der Waals surface area contributed by atoms with Gasteiger partial charge in [0.2, 0.25) is 0 Å². The maximum Gasteiger partial charge on any atom is 0.255 e. The summed E-state index contributed by atoms with van der Waals surface area (Å²) in [5.41, 5.74) is 0.648. The summed E-state index contributed by atoms with van der Waals surface area (Å²) < 4.78 is 2.81. The van der Waals surface area contributed by atoms with E-state index in [4.69, 9.17) is 0 Å². The van der Waals surface area contributed by atoms with Crippen LogP contribution in [0.15, 0.2) is 41.4 Å². The average molecular weight is 349 g/mol. The molecule has 0 radical (unpaired) electrons. The molecule has 3 heterocycles. The molecule has 21 heavy (non-hydrogen) atoms. The first-order chi connectivity index (χ1) is 10.2. The number of hydrogen-bond acceptors (Lipinski definition) is 3. The van der Waals surface area contributed by atoms with Crippen LogP contribution in [0.5, 0.6) is 0 Å². The molecule has 0 saturated carbocycles. The molecule has 0 spiro atoms. The predicted octanol–water partition coefficient (Wildman–Crippen LogP) is 2.59. The molecule has 1 fully saturated rings. The Morgan fingerprint density at radius 2 is 2.14 bits per heavy atom. The number of piperidine rings is 1. The van der Waals surface area contributed by atoms with E-state index in [2.05, 4.69) is 26.0 Å². The molecule has 0 N–H and O–H groups in total. The van der Waals surface area contributed by atoms with Crippen molar-refractivity contribution < 1.29 is 4.79 Å². The van der Waals surface area contributed by atoms with Crippen molar-refractivity contribution in [3.8, 4) is 0 Å². The molecule has 5 nitrogen and oxygen atoms in total. The van der Waals surface area contributed by atoms with Crippen LogP contribution in [0.25, 0.3) is 0 Å². The van der Waals surface area contributed by atoms with Crippen LogP contribution in [0.3, 0.4) is 0 Å². The molecule has 0 atom stereocenters. The molecule has 3 rings (SSSR count). The number of nitrogens with zero attached hydrogens (tertiary/aromatic N) is 4. The number of rotatable bonds is 3. The van der Waals surface area contributed by atoms with E-state index in [1.54, 1.807) is 18.6 Å². The highest BCUT2D eigenvalue weighted by molar-refractivity contribution is 9.10. The van der Waals surface area contributed by atoms with E-state index < -0.39 is 0 Å². The maximum absolute atomic E-state index is 12.4. The fourth-order valence-electron chi connectivity index (χ4n) is 2.70. The topological polar surface area (TPSA) is 51.0 Å². The molecule has 2 aromatic heterocycles. The van der Waals surface area contributed by atoms with Crippen molar-refractivity contribution >= 4 is 21.8 Å². The zero-order chi connectivity index (χ0) is 14.7. The largest absolute Gasteiger partial charge is 0.339 e. The van der Waals surface area contributed by atoms with Gasteiger partial charge in [-0.05, 0) is 46.8 Å². The number of likely N-dealkylation sites (tertiary alicyclic amines) is 1. The van der Waals surface area contributed by atoms with Crippen molar-refractivity contribution in [2.75, 3.05) is 13.1 Å². The molecule has 1 saturated heterocycles. The molecule has 0 unspecified atom stereocenters. The Kier molecular flexibility index (Phi) is 4.34. The Balaban J connectivity index is 1.57. The van der Waals surface area contributed by atoms with Gasteiger partial charge in [0.1, 0.15) is 0 Å². The second-order valence-corrected chi connectivity index (χ2v) is 6.27. The smallest absolute Gasteiger partial charge is 0.255 e. The summed E-state index contributed by atoms with van der Waals surface area (Å²) in [6.45, 7) is 2.54. The highest BCUT2D eigenvalue weighted by Crippen LogP contribution is 2.21. The van der Waals surface area contributed by atoms with E-state index in [1.807, 2.05) is 27.9 Å². The fraction of sp³-hybridized carbons (Fsp3) is 0.400. The van der Waals surface area contributed by atoms with Crippen LogP contribution in [0.1, 0.15) is 23.2 Å². The van der Waals surface area contributed by atoms with Gasteiger partial charge in [0.15, 0.2) is 0 Å². The predicted molar refractivity (Wildman–Crippen MR) is 82.8 cm³/mol. The summed E-state index contributed by atoms with van der Waals surface area (Å²) in [5.74, 6) is 0.663. The van der Waals surface area contributed by atoms with Gasteiger partial charge in [-0.15, -0.1) is 0 Å². The maximum atomic E-state index is 12.4. The Hall–Kier alpha value is -1.69. The number of pyridine rings is 1. The van der Waals surface area contributed by atoms with E-state index in [9.17, 15) is 4.79 Å². The third kappa shape index (κ3) is 3.50. The van der Waals surface area contributed by atoms with Crippen molar-refractivity contribution in [3.05, 3.63) is 47.0 Å². The summed E-state index contributed by atoms with van der Waals surface area (Å²) in [6.07, 6.45) is 9.15. The van der Waals surface area contributed by atoms with Gasteiger partial charge in [-0.2, -0.15) is 5.10 Å². The van der Waals surface area contributed by atoms with E-state index in [1.165, 1.54) is 0 Å². The molecule has 0 bridgehead atoms. The monoisotopic (exact) mass is 348 g/mol. The minimum Gasteiger partial charge on any atom is -0.339 e. The fourth-order valence-corrected chi connectivity index (χ4v) is 3.07. The van der Waals surface area contributed by atoms with Crippen LogP contribution in [0.4, 0.5) is 0 Å². The van der Waals surface area contributed by atoms with E-state index in [0.717, 1.165) is 36.9 Å². The van der Waals surface area contributed by atoms with Gasteiger partial charge in [-0.1, -0.05) is 0 Å². The lowest BCUT2D eigenvalue weighted by Gasteiger charge is -2.32. The molecule has 6 heteroatoms. The van der Waals surface area contributed by atoms with Crippen LogP contribution < -0.4 is 0 Å². The van der Waals surface area contributed by atoms with E-state index >= 15 is 0 Å². The van der Waals surface area contributed by atoms with Gasteiger partial charge in [0, 0.05) is 48.9 Å². The van der Waals surface area contributed by atoms with Crippen LogP contribution in [-0.2, 0) is 6.54 Å². The molecule has 1 aliphatic rings. The van der Waals surface area contributed by atoms with Crippen molar-refractivity contribution in [2.45, 2.75) is 19.4 Å².